The first-order valence-corrected chi connectivity index (χ1v) is 6.50. The lowest BCUT2D eigenvalue weighted by atomic mass is 10.1. The van der Waals surface area contributed by atoms with Crippen LogP contribution in [-0.2, 0) is 11.3 Å². The summed E-state index contributed by atoms with van der Waals surface area (Å²) < 4.78 is 10.5. The van der Waals surface area contributed by atoms with Crippen LogP contribution in [0.1, 0.15) is 25.3 Å². The molecule has 1 atom stereocenters. The van der Waals surface area contributed by atoms with Crippen LogP contribution in [0.25, 0.3) is 0 Å². The fraction of sp³-hybridized carbons (Fsp3) is 0.692. The SMILES string of the molecule is CCCC1COCCN1Cc1cnc(OC)nc1. The van der Waals surface area contributed by atoms with Gasteiger partial charge < -0.3 is 9.47 Å². The Morgan fingerprint density at radius 1 is 1.44 bits per heavy atom. The van der Waals surface area contributed by atoms with Gasteiger partial charge in [-0.1, -0.05) is 13.3 Å². The van der Waals surface area contributed by atoms with Crippen molar-refractivity contribution in [3.63, 3.8) is 0 Å². The number of nitrogens with zero attached hydrogens (tertiary/aromatic N) is 3. The van der Waals surface area contributed by atoms with E-state index in [0.29, 0.717) is 12.1 Å². The van der Waals surface area contributed by atoms with Gasteiger partial charge in [0.1, 0.15) is 0 Å². The van der Waals surface area contributed by atoms with Crippen molar-refractivity contribution < 1.29 is 9.47 Å². The second-order valence-electron chi connectivity index (χ2n) is 4.57. The van der Waals surface area contributed by atoms with Crippen LogP contribution in [0.2, 0.25) is 0 Å². The highest BCUT2D eigenvalue weighted by atomic mass is 16.5. The number of hydrogen-bond acceptors (Lipinski definition) is 5. The van der Waals surface area contributed by atoms with Gasteiger partial charge in [0.05, 0.1) is 20.3 Å². The van der Waals surface area contributed by atoms with Crippen LogP contribution in [0.4, 0.5) is 0 Å². The molecule has 0 saturated carbocycles. The van der Waals surface area contributed by atoms with Crippen molar-refractivity contribution in [1.82, 2.24) is 14.9 Å². The number of morpholine rings is 1. The molecule has 2 heterocycles. The van der Waals surface area contributed by atoms with Gasteiger partial charge in [-0.3, -0.25) is 4.90 Å². The Morgan fingerprint density at radius 3 is 2.89 bits per heavy atom. The molecule has 5 nitrogen and oxygen atoms in total. The molecule has 1 aromatic heterocycles. The summed E-state index contributed by atoms with van der Waals surface area (Å²) in [6.07, 6.45) is 6.04. The van der Waals surface area contributed by atoms with E-state index in [0.717, 1.165) is 31.9 Å². The molecule has 0 aromatic carbocycles. The van der Waals surface area contributed by atoms with Crippen molar-refractivity contribution in [3.05, 3.63) is 18.0 Å². The van der Waals surface area contributed by atoms with Crippen LogP contribution in [0.15, 0.2) is 12.4 Å². The van der Waals surface area contributed by atoms with E-state index in [1.54, 1.807) is 7.11 Å². The van der Waals surface area contributed by atoms with E-state index in [1.165, 1.54) is 12.8 Å². The molecule has 18 heavy (non-hydrogen) atoms. The molecule has 1 aromatic rings. The Balaban J connectivity index is 1.96. The molecule has 5 heteroatoms. The summed E-state index contributed by atoms with van der Waals surface area (Å²) in [6, 6.07) is 0.941. The molecule has 0 radical (unpaired) electrons. The highest BCUT2D eigenvalue weighted by Crippen LogP contribution is 2.15. The quantitative estimate of drug-likeness (QED) is 0.793. The molecule has 0 amide bonds. The smallest absolute Gasteiger partial charge is 0.316 e. The monoisotopic (exact) mass is 251 g/mol. The summed E-state index contributed by atoms with van der Waals surface area (Å²) in [6.45, 7) is 5.74. The molecule has 1 fully saturated rings. The molecule has 2 rings (SSSR count). The van der Waals surface area contributed by atoms with Gasteiger partial charge in [0.25, 0.3) is 0 Å². The Morgan fingerprint density at radius 2 is 2.22 bits per heavy atom. The molecular weight excluding hydrogens is 230 g/mol. The minimum Gasteiger partial charge on any atom is -0.467 e. The van der Waals surface area contributed by atoms with Gasteiger partial charge in [-0.2, -0.15) is 0 Å². The Labute approximate surface area is 108 Å². The number of methoxy groups -OCH3 is 1. The van der Waals surface area contributed by atoms with E-state index >= 15 is 0 Å². The summed E-state index contributed by atoms with van der Waals surface area (Å²) in [5.74, 6) is 0. The lowest BCUT2D eigenvalue weighted by Crippen LogP contribution is -2.44. The molecule has 0 aliphatic carbocycles. The standard InChI is InChI=1S/C13H21N3O2/c1-3-4-12-10-18-6-5-16(12)9-11-7-14-13(17-2)15-8-11/h7-8,12H,3-6,9-10H2,1-2H3. The first-order chi connectivity index (χ1) is 8.83. The third kappa shape index (κ3) is 3.40. The van der Waals surface area contributed by atoms with Gasteiger partial charge >= 0.3 is 6.01 Å². The first kappa shape index (κ1) is 13.2. The van der Waals surface area contributed by atoms with Gasteiger partial charge in [-0.25, -0.2) is 9.97 Å². The van der Waals surface area contributed by atoms with E-state index < -0.39 is 0 Å². The molecule has 100 valence electrons. The number of hydrogen-bond donors (Lipinski definition) is 0. The Kier molecular flexibility index (Phi) is 4.90. The fourth-order valence-electron chi connectivity index (χ4n) is 2.26. The fourth-order valence-corrected chi connectivity index (χ4v) is 2.26. The van der Waals surface area contributed by atoms with E-state index in [-0.39, 0.29) is 0 Å². The maximum Gasteiger partial charge on any atom is 0.316 e. The normalized spacial score (nSPS) is 20.9. The van der Waals surface area contributed by atoms with Gasteiger partial charge in [0.15, 0.2) is 0 Å². The zero-order valence-corrected chi connectivity index (χ0v) is 11.1. The minimum atomic E-state index is 0.422. The lowest BCUT2D eigenvalue weighted by Gasteiger charge is -2.35. The molecule has 1 aliphatic rings. The predicted molar refractivity (Wildman–Crippen MR) is 68.5 cm³/mol. The topological polar surface area (TPSA) is 47.5 Å². The number of rotatable bonds is 5. The summed E-state index contributed by atoms with van der Waals surface area (Å²) in [4.78, 5) is 10.7. The molecule has 1 saturated heterocycles. The van der Waals surface area contributed by atoms with Gasteiger partial charge in [-0.15, -0.1) is 0 Å². The van der Waals surface area contributed by atoms with Crippen molar-refractivity contribution in [2.24, 2.45) is 0 Å². The first-order valence-electron chi connectivity index (χ1n) is 6.50. The Bertz CT molecular complexity index is 354. The minimum absolute atomic E-state index is 0.422. The summed E-state index contributed by atoms with van der Waals surface area (Å²) >= 11 is 0. The maximum absolute atomic E-state index is 5.55. The molecule has 1 unspecified atom stereocenters. The molecule has 0 spiro atoms. The van der Waals surface area contributed by atoms with Crippen LogP contribution in [0.5, 0.6) is 6.01 Å². The average Bonchev–Trinajstić information content (AvgIpc) is 2.42. The summed E-state index contributed by atoms with van der Waals surface area (Å²) in [5.41, 5.74) is 1.12. The predicted octanol–water partition coefficient (Wildman–Crippen LogP) is 1.49. The number of ether oxygens (including phenoxy) is 2. The maximum atomic E-state index is 5.55. The third-order valence-electron chi connectivity index (χ3n) is 3.22. The van der Waals surface area contributed by atoms with Crippen LogP contribution in [-0.4, -0.2) is 47.8 Å². The summed E-state index contributed by atoms with van der Waals surface area (Å²) in [7, 11) is 1.58. The lowest BCUT2D eigenvalue weighted by molar-refractivity contribution is -0.0148. The van der Waals surface area contributed by atoms with Crippen molar-refractivity contribution in [2.45, 2.75) is 32.4 Å². The van der Waals surface area contributed by atoms with E-state index in [4.69, 9.17) is 9.47 Å². The average molecular weight is 251 g/mol. The molecule has 0 N–H and O–H groups in total. The van der Waals surface area contributed by atoms with Crippen LogP contribution in [0, 0.1) is 0 Å². The Hall–Kier alpha value is -1.20. The van der Waals surface area contributed by atoms with Crippen molar-refractivity contribution in [1.29, 1.82) is 0 Å². The third-order valence-corrected chi connectivity index (χ3v) is 3.22. The van der Waals surface area contributed by atoms with Crippen LogP contribution >= 0.6 is 0 Å². The number of aromatic nitrogens is 2. The zero-order valence-electron chi connectivity index (χ0n) is 11.1. The van der Waals surface area contributed by atoms with Gasteiger partial charge in [0, 0.05) is 37.1 Å². The second-order valence-corrected chi connectivity index (χ2v) is 4.57. The molecule has 1 aliphatic heterocycles. The highest BCUT2D eigenvalue weighted by Gasteiger charge is 2.22. The van der Waals surface area contributed by atoms with E-state index in [1.807, 2.05) is 12.4 Å². The van der Waals surface area contributed by atoms with E-state index in [2.05, 4.69) is 21.8 Å². The summed E-state index contributed by atoms with van der Waals surface area (Å²) in [5, 5.41) is 0. The van der Waals surface area contributed by atoms with Crippen LogP contribution < -0.4 is 4.74 Å². The van der Waals surface area contributed by atoms with E-state index in [9.17, 15) is 0 Å². The van der Waals surface area contributed by atoms with Crippen LogP contribution in [0.3, 0.4) is 0 Å². The zero-order chi connectivity index (χ0) is 12.8. The largest absolute Gasteiger partial charge is 0.467 e. The highest BCUT2D eigenvalue weighted by molar-refractivity contribution is 5.07. The van der Waals surface area contributed by atoms with Crippen molar-refractivity contribution in [2.75, 3.05) is 26.9 Å². The van der Waals surface area contributed by atoms with Gasteiger partial charge in [0.2, 0.25) is 0 Å². The van der Waals surface area contributed by atoms with Gasteiger partial charge in [-0.05, 0) is 6.42 Å². The second kappa shape index (κ2) is 6.66. The molecular formula is C13H21N3O2. The van der Waals surface area contributed by atoms with Crippen molar-refractivity contribution in [3.8, 4) is 6.01 Å². The molecule has 0 bridgehead atoms. The van der Waals surface area contributed by atoms with Crippen molar-refractivity contribution >= 4 is 0 Å².